The Hall–Kier alpha value is -0.860. The minimum atomic E-state index is 0.190. The highest BCUT2D eigenvalue weighted by atomic mass is 15.2. The largest absolute Gasteiger partial charge is 0.324 e. The van der Waals surface area contributed by atoms with Crippen molar-refractivity contribution in [2.75, 3.05) is 13.1 Å². The highest BCUT2D eigenvalue weighted by Crippen LogP contribution is 2.35. The molecule has 0 radical (unpaired) electrons. The van der Waals surface area contributed by atoms with Crippen molar-refractivity contribution in [3.05, 3.63) is 35.4 Å². The van der Waals surface area contributed by atoms with Crippen LogP contribution in [0, 0.1) is 12.8 Å². The maximum atomic E-state index is 6.45. The Morgan fingerprint density at radius 3 is 2.76 bits per heavy atom. The van der Waals surface area contributed by atoms with Crippen LogP contribution in [0.1, 0.15) is 62.1 Å². The number of piperidine rings is 1. The summed E-state index contributed by atoms with van der Waals surface area (Å²) in [7, 11) is 0. The zero-order chi connectivity index (χ0) is 14.7. The van der Waals surface area contributed by atoms with E-state index in [2.05, 4.69) is 36.1 Å². The molecule has 0 aromatic heterocycles. The van der Waals surface area contributed by atoms with E-state index in [0.29, 0.717) is 0 Å². The van der Waals surface area contributed by atoms with Gasteiger partial charge in [0.05, 0.1) is 0 Å². The average Bonchev–Trinajstić information content (AvgIpc) is 2.53. The van der Waals surface area contributed by atoms with E-state index in [4.69, 9.17) is 5.73 Å². The third-order valence-electron chi connectivity index (χ3n) is 5.67. The number of hydrogen-bond acceptors (Lipinski definition) is 2. The smallest absolute Gasteiger partial charge is 0.0309 e. The molecule has 2 fully saturated rings. The number of rotatable bonds is 4. The van der Waals surface area contributed by atoms with Crippen LogP contribution >= 0.6 is 0 Å². The molecule has 116 valence electrons. The summed E-state index contributed by atoms with van der Waals surface area (Å²) >= 11 is 0. The molecule has 1 saturated heterocycles. The molecule has 1 aromatic carbocycles. The lowest BCUT2D eigenvalue weighted by Gasteiger charge is -2.44. The first-order chi connectivity index (χ1) is 10.3. The zero-order valence-electron chi connectivity index (χ0n) is 13.4. The van der Waals surface area contributed by atoms with E-state index in [1.165, 1.54) is 62.7 Å². The van der Waals surface area contributed by atoms with Crippen LogP contribution < -0.4 is 5.73 Å². The summed E-state index contributed by atoms with van der Waals surface area (Å²) in [6.07, 6.45) is 9.72. The van der Waals surface area contributed by atoms with Gasteiger partial charge in [0.2, 0.25) is 0 Å². The quantitative estimate of drug-likeness (QED) is 0.905. The molecule has 2 N–H and O–H groups in total. The number of benzene rings is 1. The lowest BCUT2D eigenvalue weighted by molar-refractivity contribution is 0.0586. The van der Waals surface area contributed by atoms with Crippen LogP contribution in [0.25, 0.3) is 0 Å². The molecule has 2 heteroatoms. The van der Waals surface area contributed by atoms with Crippen LogP contribution in [0.15, 0.2) is 24.3 Å². The molecule has 21 heavy (non-hydrogen) atoms. The van der Waals surface area contributed by atoms with Crippen molar-refractivity contribution in [2.45, 2.75) is 64.0 Å². The minimum absolute atomic E-state index is 0.190. The van der Waals surface area contributed by atoms with Gasteiger partial charge in [-0.2, -0.15) is 0 Å². The van der Waals surface area contributed by atoms with E-state index >= 15 is 0 Å². The van der Waals surface area contributed by atoms with Crippen LogP contribution in [-0.2, 0) is 0 Å². The summed E-state index contributed by atoms with van der Waals surface area (Å²) in [6.45, 7) is 4.64. The van der Waals surface area contributed by atoms with Crippen molar-refractivity contribution in [2.24, 2.45) is 11.7 Å². The van der Waals surface area contributed by atoms with Crippen LogP contribution in [0.5, 0.6) is 0 Å². The van der Waals surface area contributed by atoms with Gasteiger partial charge in [-0.1, -0.05) is 37.1 Å². The highest BCUT2D eigenvalue weighted by molar-refractivity contribution is 5.28. The first-order valence-electron chi connectivity index (χ1n) is 8.81. The first kappa shape index (κ1) is 15.1. The molecule has 0 bridgehead atoms. The Labute approximate surface area is 129 Å². The fourth-order valence-corrected chi connectivity index (χ4v) is 4.47. The van der Waals surface area contributed by atoms with Gasteiger partial charge >= 0.3 is 0 Å². The third kappa shape index (κ3) is 3.49. The van der Waals surface area contributed by atoms with E-state index in [-0.39, 0.29) is 6.04 Å². The fourth-order valence-electron chi connectivity index (χ4n) is 4.47. The van der Waals surface area contributed by atoms with Gasteiger partial charge in [-0.15, -0.1) is 0 Å². The molecule has 3 rings (SSSR count). The van der Waals surface area contributed by atoms with Crippen LogP contribution in [0.2, 0.25) is 0 Å². The standard InChI is InChI=1S/C19H30N2/c1-15-7-2-4-10-17(15)18(20)12-14-21-13-6-9-16-8-3-5-11-19(16)21/h2,4,7,10,16,18-19H,3,5-6,8-9,11-14,20H2,1H3. The first-order valence-corrected chi connectivity index (χ1v) is 8.81. The Morgan fingerprint density at radius 1 is 1.14 bits per heavy atom. The molecule has 2 aliphatic rings. The third-order valence-corrected chi connectivity index (χ3v) is 5.67. The van der Waals surface area contributed by atoms with E-state index in [0.717, 1.165) is 18.4 Å². The molecule has 1 saturated carbocycles. The lowest BCUT2D eigenvalue weighted by atomic mass is 9.78. The summed E-state index contributed by atoms with van der Waals surface area (Å²) in [5.74, 6) is 0.974. The molecular weight excluding hydrogens is 256 g/mol. The lowest BCUT2D eigenvalue weighted by Crippen LogP contribution is -2.47. The molecule has 1 aliphatic carbocycles. The van der Waals surface area contributed by atoms with Crippen molar-refractivity contribution in [1.29, 1.82) is 0 Å². The van der Waals surface area contributed by atoms with Gasteiger partial charge < -0.3 is 10.6 Å². The van der Waals surface area contributed by atoms with Gasteiger partial charge in [-0.25, -0.2) is 0 Å². The Bertz CT molecular complexity index is 455. The molecular formula is C19H30N2. The van der Waals surface area contributed by atoms with Gasteiger partial charge in [0.1, 0.15) is 0 Å². The normalized spacial score (nSPS) is 28.1. The van der Waals surface area contributed by atoms with Crippen LogP contribution in [0.3, 0.4) is 0 Å². The summed E-state index contributed by atoms with van der Waals surface area (Å²) in [4.78, 5) is 2.76. The molecule has 2 nitrogen and oxygen atoms in total. The van der Waals surface area contributed by atoms with Gasteiger partial charge in [-0.3, -0.25) is 0 Å². The van der Waals surface area contributed by atoms with E-state index in [9.17, 15) is 0 Å². The van der Waals surface area contributed by atoms with Gasteiger partial charge in [0, 0.05) is 18.6 Å². The van der Waals surface area contributed by atoms with E-state index in [1.54, 1.807) is 0 Å². The number of fused-ring (bicyclic) bond motifs is 1. The number of nitrogens with zero attached hydrogens (tertiary/aromatic N) is 1. The monoisotopic (exact) mass is 286 g/mol. The van der Waals surface area contributed by atoms with Crippen molar-refractivity contribution in [3.63, 3.8) is 0 Å². The highest BCUT2D eigenvalue weighted by Gasteiger charge is 2.32. The minimum Gasteiger partial charge on any atom is -0.324 e. The second-order valence-electron chi connectivity index (χ2n) is 7.04. The second kappa shape index (κ2) is 6.93. The average molecular weight is 286 g/mol. The zero-order valence-corrected chi connectivity index (χ0v) is 13.4. The molecule has 3 unspecified atom stereocenters. The molecule has 1 aliphatic heterocycles. The van der Waals surface area contributed by atoms with Gasteiger partial charge in [0.15, 0.2) is 0 Å². The Morgan fingerprint density at radius 2 is 1.90 bits per heavy atom. The summed E-state index contributed by atoms with van der Waals surface area (Å²) in [6, 6.07) is 9.63. The molecule has 3 atom stereocenters. The molecule has 1 aromatic rings. The summed E-state index contributed by atoms with van der Waals surface area (Å²) < 4.78 is 0. The number of hydrogen-bond donors (Lipinski definition) is 1. The number of aryl methyl sites for hydroxylation is 1. The van der Waals surface area contributed by atoms with Gasteiger partial charge in [-0.05, 0) is 62.6 Å². The van der Waals surface area contributed by atoms with Crippen molar-refractivity contribution in [1.82, 2.24) is 4.90 Å². The van der Waals surface area contributed by atoms with Gasteiger partial charge in [0.25, 0.3) is 0 Å². The van der Waals surface area contributed by atoms with E-state index in [1.807, 2.05) is 0 Å². The molecule has 0 spiro atoms. The fraction of sp³-hybridized carbons (Fsp3) is 0.684. The maximum absolute atomic E-state index is 6.45. The molecule has 0 amide bonds. The SMILES string of the molecule is Cc1ccccc1C(N)CCN1CCCC2CCCCC21. The van der Waals surface area contributed by atoms with Crippen LogP contribution in [0.4, 0.5) is 0 Å². The second-order valence-corrected chi connectivity index (χ2v) is 7.04. The van der Waals surface area contributed by atoms with Crippen LogP contribution in [-0.4, -0.2) is 24.0 Å². The Balaban J connectivity index is 1.58. The van der Waals surface area contributed by atoms with E-state index < -0.39 is 0 Å². The predicted molar refractivity (Wildman–Crippen MR) is 89.3 cm³/mol. The Kier molecular flexibility index (Phi) is 4.97. The molecule has 1 heterocycles. The summed E-state index contributed by atoms with van der Waals surface area (Å²) in [5, 5.41) is 0. The maximum Gasteiger partial charge on any atom is 0.0309 e. The van der Waals surface area contributed by atoms with Crippen molar-refractivity contribution >= 4 is 0 Å². The number of likely N-dealkylation sites (tertiary alicyclic amines) is 1. The van der Waals surface area contributed by atoms with Crippen molar-refractivity contribution in [3.8, 4) is 0 Å². The predicted octanol–water partition coefficient (Wildman–Crippen LogP) is 4.04. The topological polar surface area (TPSA) is 29.3 Å². The van der Waals surface area contributed by atoms with Crippen molar-refractivity contribution < 1.29 is 0 Å². The summed E-state index contributed by atoms with van der Waals surface area (Å²) in [5.41, 5.74) is 9.12. The number of nitrogens with two attached hydrogens (primary N) is 1.